The van der Waals surface area contributed by atoms with E-state index in [2.05, 4.69) is 0 Å². The van der Waals surface area contributed by atoms with E-state index in [0.29, 0.717) is 34.3 Å². The highest BCUT2D eigenvalue weighted by Crippen LogP contribution is 2.46. The van der Waals surface area contributed by atoms with Gasteiger partial charge in [-0.2, -0.15) is 0 Å². The van der Waals surface area contributed by atoms with Crippen LogP contribution in [0.2, 0.25) is 0 Å². The molecule has 0 bridgehead atoms. The highest BCUT2D eigenvalue weighted by Gasteiger charge is 2.33. The van der Waals surface area contributed by atoms with Crippen LogP contribution in [0.1, 0.15) is 34.0 Å². The molecule has 1 N–H and O–H groups in total. The second-order valence-corrected chi connectivity index (χ2v) is 6.53. The van der Waals surface area contributed by atoms with Crippen molar-refractivity contribution in [2.24, 2.45) is 0 Å². The van der Waals surface area contributed by atoms with Gasteiger partial charge < -0.3 is 23.7 Å². The molecule has 2 aliphatic heterocycles. The number of carboxylic acids is 1. The van der Waals surface area contributed by atoms with E-state index in [1.54, 1.807) is 42.5 Å². The Kier molecular flexibility index (Phi) is 3.61. The minimum absolute atomic E-state index is 0.111. The number of hydrogen-bond donors (Lipinski definition) is 1. The molecule has 140 valence electrons. The monoisotopic (exact) mass is 378 g/mol. The lowest BCUT2D eigenvalue weighted by Crippen LogP contribution is -2.20. The molecule has 0 unspecified atom stereocenters. The van der Waals surface area contributed by atoms with E-state index in [-0.39, 0.29) is 30.7 Å². The first-order chi connectivity index (χ1) is 13.6. The van der Waals surface area contributed by atoms with Crippen LogP contribution in [0.3, 0.4) is 0 Å². The summed E-state index contributed by atoms with van der Waals surface area (Å²) in [6.07, 6.45) is 0.111. The minimum Gasteiger partial charge on any atom is -0.478 e. The van der Waals surface area contributed by atoms with Gasteiger partial charge in [-0.05, 0) is 24.3 Å². The molecule has 0 amide bonds. The SMILES string of the molecule is O=C1C[C@@H](c2ccc(-c3ccccc3C(=O)O)o2)c2cc3c(cc2O1)OCO3. The Morgan fingerprint density at radius 2 is 1.79 bits per heavy atom. The van der Waals surface area contributed by atoms with Crippen molar-refractivity contribution in [3.05, 3.63) is 65.4 Å². The van der Waals surface area contributed by atoms with E-state index in [9.17, 15) is 14.7 Å². The first-order valence-corrected chi connectivity index (χ1v) is 8.67. The quantitative estimate of drug-likeness (QED) is 0.547. The van der Waals surface area contributed by atoms with Crippen molar-refractivity contribution in [1.82, 2.24) is 0 Å². The molecule has 0 aliphatic carbocycles. The Morgan fingerprint density at radius 1 is 1.00 bits per heavy atom. The van der Waals surface area contributed by atoms with Gasteiger partial charge in [0.1, 0.15) is 17.3 Å². The van der Waals surface area contributed by atoms with Gasteiger partial charge in [0, 0.05) is 17.2 Å². The zero-order chi connectivity index (χ0) is 19.3. The zero-order valence-corrected chi connectivity index (χ0v) is 14.5. The summed E-state index contributed by atoms with van der Waals surface area (Å²) in [6.45, 7) is 0.119. The second kappa shape index (κ2) is 6.16. The van der Waals surface area contributed by atoms with Gasteiger partial charge in [0.05, 0.1) is 17.9 Å². The lowest BCUT2D eigenvalue weighted by atomic mass is 9.90. The number of carbonyl (C=O) groups excluding carboxylic acids is 1. The number of carbonyl (C=O) groups is 2. The van der Waals surface area contributed by atoms with Crippen molar-refractivity contribution in [3.8, 4) is 28.6 Å². The summed E-state index contributed by atoms with van der Waals surface area (Å²) < 4.78 is 22.1. The third kappa shape index (κ3) is 2.60. The summed E-state index contributed by atoms with van der Waals surface area (Å²) in [5, 5.41) is 9.41. The zero-order valence-electron chi connectivity index (χ0n) is 14.5. The van der Waals surface area contributed by atoms with Crippen LogP contribution in [0, 0.1) is 0 Å². The Labute approximate surface area is 159 Å². The topological polar surface area (TPSA) is 95.2 Å². The molecule has 5 rings (SSSR count). The number of benzene rings is 2. The molecule has 7 heteroatoms. The lowest BCUT2D eigenvalue weighted by Gasteiger charge is -2.23. The van der Waals surface area contributed by atoms with Gasteiger partial charge in [0.2, 0.25) is 6.79 Å². The number of furan rings is 1. The molecule has 3 aromatic rings. The Bertz CT molecular complexity index is 1110. The second-order valence-electron chi connectivity index (χ2n) is 6.53. The molecule has 0 spiro atoms. The van der Waals surface area contributed by atoms with Crippen molar-refractivity contribution >= 4 is 11.9 Å². The van der Waals surface area contributed by atoms with Crippen LogP contribution in [-0.2, 0) is 4.79 Å². The maximum Gasteiger partial charge on any atom is 0.336 e. The normalized spacial score (nSPS) is 17.1. The average Bonchev–Trinajstić information content (AvgIpc) is 3.35. The number of aromatic carboxylic acids is 1. The van der Waals surface area contributed by atoms with Crippen molar-refractivity contribution in [3.63, 3.8) is 0 Å². The van der Waals surface area contributed by atoms with Crippen LogP contribution in [0.4, 0.5) is 0 Å². The lowest BCUT2D eigenvalue weighted by molar-refractivity contribution is -0.135. The van der Waals surface area contributed by atoms with Crippen LogP contribution >= 0.6 is 0 Å². The van der Waals surface area contributed by atoms with E-state index in [4.69, 9.17) is 18.6 Å². The summed E-state index contributed by atoms with van der Waals surface area (Å²) in [7, 11) is 0. The fourth-order valence-corrected chi connectivity index (χ4v) is 3.56. The van der Waals surface area contributed by atoms with E-state index in [1.807, 2.05) is 0 Å². The molecule has 3 heterocycles. The molecule has 2 aromatic carbocycles. The van der Waals surface area contributed by atoms with Crippen LogP contribution in [0.5, 0.6) is 17.2 Å². The number of ether oxygens (including phenoxy) is 3. The molecule has 0 fully saturated rings. The van der Waals surface area contributed by atoms with E-state index >= 15 is 0 Å². The molecule has 28 heavy (non-hydrogen) atoms. The number of esters is 1. The van der Waals surface area contributed by atoms with Crippen LogP contribution in [0.25, 0.3) is 11.3 Å². The van der Waals surface area contributed by atoms with Crippen molar-refractivity contribution in [1.29, 1.82) is 0 Å². The summed E-state index contributed by atoms with van der Waals surface area (Å²) in [4.78, 5) is 23.6. The van der Waals surface area contributed by atoms with Crippen molar-refractivity contribution < 1.29 is 33.3 Å². The van der Waals surface area contributed by atoms with E-state index in [0.717, 1.165) is 5.56 Å². The van der Waals surface area contributed by atoms with Crippen molar-refractivity contribution in [2.45, 2.75) is 12.3 Å². The molecular formula is C21H14O7. The first-order valence-electron chi connectivity index (χ1n) is 8.67. The maximum atomic E-state index is 12.1. The van der Waals surface area contributed by atoms with Crippen LogP contribution in [0.15, 0.2) is 52.9 Å². The third-order valence-corrected chi connectivity index (χ3v) is 4.87. The molecule has 2 aliphatic rings. The fraction of sp³-hybridized carbons (Fsp3) is 0.143. The molecule has 1 atom stereocenters. The van der Waals surface area contributed by atoms with Gasteiger partial charge in [-0.25, -0.2) is 4.79 Å². The summed E-state index contributed by atoms with van der Waals surface area (Å²) in [5.74, 6) is 0.729. The van der Waals surface area contributed by atoms with Crippen LogP contribution < -0.4 is 14.2 Å². The van der Waals surface area contributed by atoms with Gasteiger partial charge >= 0.3 is 11.9 Å². The number of rotatable bonds is 3. The maximum absolute atomic E-state index is 12.1. The molecule has 1 aromatic heterocycles. The third-order valence-electron chi connectivity index (χ3n) is 4.87. The fourth-order valence-electron chi connectivity index (χ4n) is 3.56. The van der Waals surface area contributed by atoms with Gasteiger partial charge in [0.25, 0.3) is 0 Å². The molecule has 0 saturated heterocycles. The molecule has 0 saturated carbocycles. The van der Waals surface area contributed by atoms with Gasteiger partial charge in [-0.15, -0.1) is 0 Å². The Morgan fingerprint density at radius 3 is 2.61 bits per heavy atom. The van der Waals surface area contributed by atoms with E-state index < -0.39 is 5.97 Å². The van der Waals surface area contributed by atoms with Gasteiger partial charge in [0.15, 0.2) is 11.5 Å². The Hall–Kier alpha value is -3.74. The van der Waals surface area contributed by atoms with Gasteiger partial charge in [-0.1, -0.05) is 18.2 Å². The molecular weight excluding hydrogens is 364 g/mol. The minimum atomic E-state index is -1.03. The smallest absolute Gasteiger partial charge is 0.336 e. The van der Waals surface area contributed by atoms with E-state index in [1.165, 1.54) is 6.07 Å². The molecule has 0 radical (unpaired) electrons. The number of carboxylic acid groups (broad SMARTS) is 1. The number of hydrogen-bond acceptors (Lipinski definition) is 6. The number of fused-ring (bicyclic) bond motifs is 2. The predicted octanol–water partition coefficient (Wildman–Crippen LogP) is 3.81. The summed E-state index contributed by atoms with van der Waals surface area (Å²) >= 11 is 0. The largest absolute Gasteiger partial charge is 0.478 e. The summed E-state index contributed by atoms with van der Waals surface area (Å²) in [5.41, 5.74) is 1.39. The predicted molar refractivity (Wildman–Crippen MR) is 95.8 cm³/mol. The first kappa shape index (κ1) is 16.4. The highest BCUT2D eigenvalue weighted by atomic mass is 16.7. The molecule has 7 nitrogen and oxygen atoms in total. The standard InChI is InChI=1S/C21H14O7/c22-20-8-14(13-7-18-19(26-10-25-18)9-17(13)28-20)16-6-5-15(27-16)11-3-1-2-4-12(11)21(23)24/h1-7,9,14H,8,10H2,(H,23,24)/t14-/m1/s1. The van der Waals surface area contributed by atoms with Crippen LogP contribution in [-0.4, -0.2) is 23.8 Å². The Balaban J connectivity index is 1.57. The average molecular weight is 378 g/mol. The highest BCUT2D eigenvalue weighted by molar-refractivity contribution is 5.95. The van der Waals surface area contributed by atoms with Crippen molar-refractivity contribution in [2.75, 3.05) is 6.79 Å². The van der Waals surface area contributed by atoms with Gasteiger partial charge in [-0.3, -0.25) is 4.79 Å². The summed E-state index contributed by atoms with van der Waals surface area (Å²) in [6, 6.07) is 13.5.